The summed E-state index contributed by atoms with van der Waals surface area (Å²) in [5.74, 6) is -0.494. The molecule has 27 heavy (non-hydrogen) atoms. The molecule has 2 aromatic heterocycles. The molecule has 0 atom stereocenters. The van der Waals surface area contributed by atoms with Gasteiger partial charge in [0.05, 0.1) is 17.7 Å². The molecule has 0 aliphatic carbocycles. The topological polar surface area (TPSA) is 44.0 Å². The Kier molecular flexibility index (Phi) is 4.28. The predicted octanol–water partition coefficient (Wildman–Crippen LogP) is 4.02. The minimum absolute atomic E-state index is 0.231. The summed E-state index contributed by atoms with van der Waals surface area (Å²) < 4.78 is 16.8. The van der Waals surface area contributed by atoms with E-state index in [1.165, 1.54) is 29.5 Å². The highest BCUT2D eigenvalue weighted by molar-refractivity contribution is 7.17. The molecule has 0 N–H and O–H groups in total. The fourth-order valence-corrected chi connectivity index (χ4v) is 4.05. The van der Waals surface area contributed by atoms with Gasteiger partial charge in [-0.05, 0) is 54.6 Å². The molecule has 6 heteroatoms. The fraction of sp³-hybridized carbons (Fsp3) is 0.143. The number of hydrogen-bond acceptors (Lipinski definition) is 3. The van der Waals surface area contributed by atoms with E-state index in [9.17, 15) is 14.0 Å². The van der Waals surface area contributed by atoms with Crippen LogP contribution >= 0.6 is 11.3 Å². The van der Waals surface area contributed by atoms with E-state index in [1.54, 1.807) is 22.1 Å². The Hall–Kier alpha value is -2.99. The lowest BCUT2D eigenvalue weighted by Gasteiger charge is -2.14. The normalized spacial score (nSPS) is 11.2. The molecule has 0 bridgehead atoms. The van der Waals surface area contributed by atoms with Gasteiger partial charge in [-0.2, -0.15) is 0 Å². The number of nitrogens with zero attached hydrogens (tertiary/aromatic N) is 2. The third kappa shape index (κ3) is 3.02. The molecule has 2 heterocycles. The summed E-state index contributed by atoms with van der Waals surface area (Å²) in [4.78, 5) is 26.1. The number of halogens is 1. The van der Waals surface area contributed by atoms with Crippen molar-refractivity contribution < 1.29 is 4.39 Å². The van der Waals surface area contributed by atoms with E-state index in [1.807, 2.05) is 32.0 Å². The van der Waals surface area contributed by atoms with Gasteiger partial charge < -0.3 is 0 Å². The van der Waals surface area contributed by atoms with Gasteiger partial charge in [0.25, 0.3) is 5.56 Å². The summed E-state index contributed by atoms with van der Waals surface area (Å²) in [6.45, 7) is 4.34. The Balaban J connectivity index is 2.01. The van der Waals surface area contributed by atoms with Crippen LogP contribution in [0.15, 0.2) is 63.5 Å². The first-order valence-electron chi connectivity index (χ1n) is 8.51. The van der Waals surface area contributed by atoms with Crippen LogP contribution in [-0.2, 0) is 6.54 Å². The average molecular weight is 380 g/mol. The van der Waals surface area contributed by atoms with Crippen molar-refractivity contribution in [3.63, 3.8) is 0 Å². The third-order valence-corrected chi connectivity index (χ3v) is 5.55. The number of hydrogen-bond donors (Lipinski definition) is 0. The second kappa shape index (κ2) is 6.63. The minimum atomic E-state index is -0.494. The van der Waals surface area contributed by atoms with Crippen molar-refractivity contribution >= 4 is 21.6 Å². The summed E-state index contributed by atoms with van der Waals surface area (Å²) in [7, 11) is 0. The maximum absolute atomic E-state index is 13.7. The van der Waals surface area contributed by atoms with Crippen molar-refractivity contribution in [3.8, 4) is 5.69 Å². The highest BCUT2D eigenvalue weighted by Crippen LogP contribution is 2.19. The summed E-state index contributed by atoms with van der Waals surface area (Å²) in [5, 5.41) is 1.79. The lowest BCUT2D eigenvalue weighted by molar-refractivity contribution is 0.624. The van der Waals surface area contributed by atoms with Crippen molar-refractivity contribution in [1.82, 2.24) is 9.13 Å². The largest absolute Gasteiger partial charge is 0.336 e. The van der Waals surface area contributed by atoms with E-state index in [-0.39, 0.29) is 5.69 Å². The summed E-state index contributed by atoms with van der Waals surface area (Å²) in [6, 6.07) is 13.4. The van der Waals surface area contributed by atoms with Crippen LogP contribution in [0.2, 0.25) is 0 Å². The van der Waals surface area contributed by atoms with Gasteiger partial charge in [0, 0.05) is 0 Å². The second-order valence-electron chi connectivity index (χ2n) is 6.55. The van der Waals surface area contributed by atoms with Gasteiger partial charge in [-0.3, -0.25) is 9.36 Å². The molecule has 0 aliphatic rings. The number of aromatic nitrogens is 2. The molecule has 4 nitrogen and oxygen atoms in total. The highest BCUT2D eigenvalue weighted by Gasteiger charge is 2.16. The lowest BCUT2D eigenvalue weighted by atomic mass is 10.1. The maximum Gasteiger partial charge on any atom is 0.336 e. The fourth-order valence-electron chi connectivity index (χ4n) is 3.22. The van der Waals surface area contributed by atoms with Crippen LogP contribution in [0.25, 0.3) is 15.9 Å². The zero-order valence-corrected chi connectivity index (χ0v) is 15.7. The van der Waals surface area contributed by atoms with E-state index in [0.717, 1.165) is 21.3 Å². The number of thiophene rings is 1. The summed E-state index contributed by atoms with van der Waals surface area (Å²) in [5.41, 5.74) is 3.11. The van der Waals surface area contributed by atoms with Gasteiger partial charge in [-0.25, -0.2) is 13.8 Å². The molecular formula is C21H17FN2O2S. The molecular weight excluding hydrogens is 363 g/mol. The maximum atomic E-state index is 13.7. The number of fused-ring (bicyclic) bond motifs is 1. The Labute approximate surface area is 158 Å². The van der Waals surface area contributed by atoms with Gasteiger partial charge in [0.2, 0.25) is 0 Å². The first kappa shape index (κ1) is 17.4. The van der Waals surface area contributed by atoms with Crippen LogP contribution in [0, 0.1) is 19.7 Å². The Morgan fingerprint density at radius 2 is 1.85 bits per heavy atom. The molecule has 0 unspecified atom stereocenters. The molecule has 0 fully saturated rings. The Morgan fingerprint density at radius 3 is 2.63 bits per heavy atom. The van der Waals surface area contributed by atoms with E-state index in [4.69, 9.17) is 0 Å². The van der Waals surface area contributed by atoms with Crippen molar-refractivity contribution in [3.05, 3.63) is 97.3 Å². The second-order valence-corrected chi connectivity index (χ2v) is 7.47. The number of rotatable bonds is 3. The van der Waals surface area contributed by atoms with E-state index < -0.39 is 17.1 Å². The standard InChI is InChI=1S/C21H17FN2O2S/c1-13-6-7-14(2)15(10-13)12-23-18-8-9-27-19(18)20(25)24(21(23)26)17-5-3-4-16(22)11-17/h3-11H,12H2,1-2H3. The first-order chi connectivity index (χ1) is 13.0. The number of aryl methyl sites for hydroxylation is 2. The zero-order chi connectivity index (χ0) is 19.1. The van der Waals surface area contributed by atoms with E-state index in [2.05, 4.69) is 0 Å². The summed E-state index contributed by atoms with van der Waals surface area (Å²) in [6.07, 6.45) is 0. The third-order valence-electron chi connectivity index (χ3n) is 4.65. The SMILES string of the molecule is Cc1ccc(C)c(Cn2c(=O)n(-c3cccc(F)c3)c(=O)c3sccc32)c1. The van der Waals surface area contributed by atoms with Crippen molar-refractivity contribution in [1.29, 1.82) is 0 Å². The van der Waals surface area contributed by atoms with Crippen LogP contribution in [0.3, 0.4) is 0 Å². The minimum Gasteiger partial charge on any atom is -0.288 e. The molecule has 0 spiro atoms. The molecule has 0 saturated carbocycles. The van der Waals surface area contributed by atoms with Crippen molar-refractivity contribution in [2.75, 3.05) is 0 Å². The molecule has 4 aromatic rings. The Morgan fingerprint density at radius 1 is 1.04 bits per heavy atom. The lowest BCUT2D eigenvalue weighted by Crippen LogP contribution is -2.38. The van der Waals surface area contributed by atoms with Gasteiger partial charge >= 0.3 is 5.69 Å². The molecule has 2 aromatic carbocycles. The van der Waals surface area contributed by atoms with Crippen molar-refractivity contribution in [2.45, 2.75) is 20.4 Å². The zero-order valence-electron chi connectivity index (χ0n) is 14.9. The van der Waals surface area contributed by atoms with Crippen LogP contribution in [0.4, 0.5) is 4.39 Å². The smallest absolute Gasteiger partial charge is 0.288 e. The Bertz CT molecular complexity index is 1280. The van der Waals surface area contributed by atoms with Gasteiger partial charge in [-0.1, -0.05) is 29.8 Å². The van der Waals surface area contributed by atoms with Crippen LogP contribution in [-0.4, -0.2) is 9.13 Å². The predicted molar refractivity (Wildman–Crippen MR) is 107 cm³/mol. The molecule has 136 valence electrons. The van der Waals surface area contributed by atoms with Gasteiger partial charge in [-0.15, -0.1) is 11.3 Å². The van der Waals surface area contributed by atoms with E-state index in [0.29, 0.717) is 16.8 Å². The molecule has 4 rings (SSSR count). The quantitative estimate of drug-likeness (QED) is 0.539. The molecule has 0 amide bonds. The monoisotopic (exact) mass is 380 g/mol. The molecule has 0 radical (unpaired) electrons. The van der Waals surface area contributed by atoms with E-state index >= 15 is 0 Å². The first-order valence-corrected chi connectivity index (χ1v) is 9.39. The molecule has 0 aliphatic heterocycles. The van der Waals surface area contributed by atoms with Gasteiger partial charge in [0.15, 0.2) is 0 Å². The van der Waals surface area contributed by atoms with Crippen LogP contribution < -0.4 is 11.2 Å². The highest BCUT2D eigenvalue weighted by atomic mass is 32.1. The van der Waals surface area contributed by atoms with Crippen LogP contribution in [0.1, 0.15) is 16.7 Å². The molecule has 0 saturated heterocycles. The summed E-state index contributed by atoms with van der Waals surface area (Å²) >= 11 is 1.28. The average Bonchev–Trinajstić information content (AvgIpc) is 3.12. The number of benzene rings is 2. The van der Waals surface area contributed by atoms with Crippen molar-refractivity contribution in [2.24, 2.45) is 0 Å². The van der Waals surface area contributed by atoms with Gasteiger partial charge in [0.1, 0.15) is 10.5 Å². The van der Waals surface area contributed by atoms with Crippen LogP contribution in [0.5, 0.6) is 0 Å².